The molecule has 1 amide bonds. The van der Waals surface area contributed by atoms with E-state index in [2.05, 4.69) is 5.32 Å². The average Bonchev–Trinajstić information content (AvgIpc) is 2.51. The first-order valence-electron chi connectivity index (χ1n) is 7.04. The molecule has 0 radical (unpaired) electrons. The monoisotopic (exact) mass is 383 g/mol. The van der Waals surface area contributed by atoms with Crippen molar-refractivity contribution < 1.29 is 14.3 Å². The summed E-state index contributed by atoms with van der Waals surface area (Å²) in [6, 6.07) is 11.9. The van der Waals surface area contributed by atoms with Crippen molar-refractivity contribution >= 4 is 52.5 Å². The van der Waals surface area contributed by atoms with Crippen LogP contribution in [0, 0.1) is 0 Å². The largest absolute Gasteiger partial charge is 0.426 e. The second kappa shape index (κ2) is 8.97. The third-order valence-electron chi connectivity index (χ3n) is 2.90. The Balaban J connectivity index is 1.79. The molecule has 0 heterocycles. The van der Waals surface area contributed by atoms with Crippen LogP contribution < -0.4 is 10.1 Å². The van der Waals surface area contributed by atoms with Crippen molar-refractivity contribution in [2.24, 2.45) is 0 Å². The molecule has 2 aromatic rings. The van der Waals surface area contributed by atoms with Crippen LogP contribution in [0.15, 0.2) is 42.5 Å². The van der Waals surface area contributed by atoms with E-state index >= 15 is 0 Å². The minimum Gasteiger partial charge on any atom is -0.426 e. The van der Waals surface area contributed by atoms with Gasteiger partial charge in [0.2, 0.25) is 5.91 Å². The topological polar surface area (TPSA) is 55.4 Å². The maximum atomic E-state index is 11.8. The Morgan fingerprint density at radius 1 is 1.12 bits per heavy atom. The Kier molecular flexibility index (Phi) is 6.97. The van der Waals surface area contributed by atoms with E-state index in [1.165, 1.54) is 18.7 Å². The predicted octanol–water partition coefficient (Wildman–Crippen LogP) is 4.79. The fraction of sp³-hybridized carbons (Fsp3) is 0.176. The van der Waals surface area contributed by atoms with Gasteiger partial charge in [-0.3, -0.25) is 9.59 Å². The van der Waals surface area contributed by atoms with Crippen LogP contribution in [0.1, 0.15) is 12.5 Å². The van der Waals surface area contributed by atoms with Crippen molar-refractivity contribution in [1.29, 1.82) is 0 Å². The van der Waals surface area contributed by atoms with E-state index in [0.29, 0.717) is 27.2 Å². The molecule has 0 aromatic heterocycles. The van der Waals surface area contributed by atoms with Gasteiger partial charge in [0.05, 0.1) is 5.75 Å². The van der Waals surface area contributed by atoms with E-state index in [1.807, 2.05) is 6.07 Å². The smallest absolute Gasteiger partial charge is 0.321 e. The first kappa shape index (κ1) is 18.6. The van der Waals surface area contributed by atoms with Crippen LogP contribution >= 0.6 is 35.0 Å². The van der Waals surface area contributed by atoms with Crippen LogP contribution in [0.5, 0.6) is 5.75 Å². The van der Waals surface area contributed by atoms with Crippen molar-refractivity contribution in [3.63, 3.8) is 0 Å². The molecule has 0 atom stereocenters. The predicted molar refractivity (Wildman–Crippen MR) is 99.0 cm³/mol. The molecule has 0 unspecified atom stereocenters. The molecule has 0 bridgehead atoms. The summed E-state index contributed by atoms with van der Waals surface area (Å²) in [6.07, 6.45) is 0. The van der Waals surface area contributed by atoms with Crippen molar-refractivity contribution in [3.8, 4) is 5.75 Å². The van der Waals surface area contributed by atoms with E-state index in [0.717, 1.165) is 5.56 Å². The maximum absolute atomic E-state index is 11.8. The first-order chi connectivity index (χ1) is 11.4. The Morgan fingerprint density at radius 2 is 1.83 bits per heavy atom. The first-order valence-corrected chi connectivity index (χ1v) is 8.95. The van der Waals surface area contributed by atoms with Crippen LogP contribution in [-0.2, 0) is 15.3 Å². The van der Waals surface area contributed by atoms with Gasteiger partial charge in [0.1, 0.15) is 5.75 Å². The van der Waals surface area contributed by atoms with Gasteiger partial charge in [0, 0.05) is 28.4 Å². The lowest BCUT2D eigenvalue weighted by molar-refractivity contribution is -0.131. The summed E-state index contributed by atoms with van der Waals surface area (Å²) < 4.78 is 5.24. The molecule has 24 heavy (non-hydrogen) atoms. The lowest BCUT2D eigenvalue weighted by Gasteiger charge is -2.07. The molecule has 0 aliphatic carbocycles. The van der Waals surface area contributed by atoms with Gasteiger partial charge in [-0.2, -0.15) is 0 Å². The Bertz CT molecular complexity index is 735. The van der Waals surface area contributed by atoms with E-state index < -0.39 is 0 Å². The molecular weight excluding hydrogens is 369 g/mol. The second-order valence-corrected chi connectivity index (χ2v) is 6.74. The van der Waals surface area contributed by atoms with Gasteiger partial charge in [0.15, 0.2) is 0 Å². The number of carbonyl (C=O) groups excluding carboxylic acids is 2. The van der Waals surface area contributed by atoms with Crippen LogP contribution in [0.2, 0.25) is 10.0 Å². The summed E-state index contributed by atoms with van der Waals surface area (Å²) in [5, 5.41) is 3.80. The molecule has 0 spiro atoms. The molecular formula is C17H15Cl2NO3S. The number of esters is 1. The fourth-order valence-electron chi connectivity index (χ4n) is 1.85. The van der Waals surface area contributed by atoms with Gasteiger partial charge in [-0.1, -0.05) is 29.3 Å². The average molecular weight is 384 g/mol. The van der Waals surface area contributed by atoms with Crippen LogP contribution in [0.4, 0.5) is 5.69 Å². The number of anilines is 1. The molecule has 1 N–H and O–H groups in total. The van der Waals surface area contributed by atoms with E-state index in [9.17, 15) is 9.59 Å². The quantitative estimate of drug-likeness (QED) is 0.575. The zero-order valence-corrected chi connectivity index (χ0v) is 15.2. The van der Waals surface area contributed by atoms with Gasteiger partial charge in [-0.15, -0.1) is 11.8 Å². The number of ether oxygens (including phenoxy) is 1. The normalized spacial score (nSPS) is 10.3. The minimum atomic E-state index is -0.350. The summed E-state index contributed by atoms with van der Waals surface area (Å²) in [7, 11) is 0. The van der Waals surface area contributed by atoms with Crippen molar-refractivity contribution in [2.75, 3.05) is 11.1 Å². The molecule has 0 aliphatic heterocycles. The highest BCUT2D eigenvalue weighted by molar-refractivity contribution is 7.99. The Morgan fingerprint density at radius 3 is 2.46 bits per heavy atom. The van der Waals surface area contributed by atoms with Gasteiger partial charge in [-0.05, 0) is 42.0 Å². The molecule has 2 rings (SSSR count). The molecule has 0 fully saturated rings. The number of thioether (sulfide) groups is 1. The third-order valence-corrected chi connectivity index (χ3v) is 4.44. The Labute approximate surface area is 154 Å². The lowest BCUT2D eigenvalue weighted by Crippen LogP contribution is -2.11. The summed E-state index contributed by atoms with van der Waals surface area (Å²) >= 11 is 13.3. The number of hydrogen-bond donors (Lipinski definition) is 1. The number of halogens is 2. The van der Waals surface area contributed by atoms with Gasteiger partial charge >= 0.3 is 5.97 Å². The maximum Gasteiger partial charge on any atom is 0.321 e. The van der Waals surface area contributed by atoms with Crippen molar-refractivity contribution in [1.82, 2.24) is 0 Å². The summed E-state index contributed by atoms with van der Waals surface area (Å²) in [5.74, 6) is 0.715. The number of hydrogen-bond acceptors (Lipinski definition) is 4. The fourth-order valence-corrected chi connectivity index (χ4v) is 3.21. The highest BCUT2D eigenvalue weighted by atomic mass is 35.5. The lowest BCUT2D eigenvalue weighted by atomic mass is 10.2. The molecule has 2 aromatic carbocycles. The molecule has 4 nitrogen and oxygen atoms in total. The summed E-state index contributed by atoms with van der Waals surface area (Å²) in [4.78, 5) is 22.8. The highest BCUT2D eigenvalue weighted by Crippen LogP contribution is 2.25. The van der Waals surface area contributed by atoms with Crippen LogP contribution in [0.25, 0.3) is 0 Å². The number of carbonyl (C=O) groups is 2. The minimum absolute atomic E-state index is 0.156. The molecule has 126 valence electrons. The van der Waals surface area contributed by atoms with E-state index in [-0.39, 0.29) is 17.6 Å². The summed E-state index contributed by atoms with van der Waals surface area (Å²) in [5.41, 5.74) is 1.56. The molecule has 0 saturated carbocycles. The number of nitrogens with one attached hydrogen (secondary N) is 1. The zero-order chi connectivity index (χ0) is 17.5. The third kappa shape index (κ3) is 6.07. The van der Waals surface area contributed by atoms with E-state index in [4.69, 9.17) is 27.9 Å². The number of amides is 1. The van der Waals surface area contributed by atoms with Crippen molar-refractivity contribution in [2.45, 2.75) is 12.7 Å². The zero-order valence-electron chi connectivity index (χ0n) is 12.8. The number of benzene rings is 2. The highest BCUT2D eigenvalue weighted by Gasteiger charge is 2.07. The van der Waals surface area contributed by atoms with Gasteiger partial charge in [-0.25, -0.2) is 0 Å². The van der Waals surface area contributed by atoms with Gasteiger partial charge < -0.3 is 10.1 Å². The number of rotatable bonds is 6. The second-order valence-electron chi connectivity index (χ2n) is 4.91. The SMILES string of the molecule is CC(=O)Nc1ccc(OC(=O)CSCc2ccc(Cl)cc2Cl)cc1. The van der Waals surface area contributed by atoms with Crippen molar-refractivity contribution in [3.05, 3.63) is 58.1 Å². The van der Waals surface area contributed by atoms with Crippen LogP contribution in [0.3, 0.4) is 0 Å². The molecule has 7 heteroatoms. The van der Waals surface area contributed by atoms with Gasteiger partial charge in [0.25, 0.3) is 0 Å². The van der Waals surface area contributed by atoms with E-state index in [1.54, 1.807) is 36.4 Å². The standard InChI is InChI=1S/C17H15Cl2NO3S/c1-11(21)20-14-4-6-15(7-5-14)23-17(22)10-24-9-12-2-3-13(18)8-16(12)19/h2-8H,9-10H2,1H3,(H,20,21). The summed E-state index contributed by atoms with van der Waals surface area (Å²) in [6.45, 7) is 1.43. The Hall–Kier alpha value is -1.69. The van der Waals surface area contributed by atoms with Crippen LogP contribution in [-0.4, -0.2) is 17.6 Å². The molecule has 0 saturated heterocycles. The molecule has 0 aliphatic rings.